The van der Waals surface area contributed by atoms with E-state index in [2.05, 4.69) is 10.1 Å². The Balaban J connectivity index is 1.42. The van der Waals surface area contributed by atoms with E-state index in [4.69, 9.17) is 9.26 Å². The first kappa shape index (κ1) is 21.0. The van der Waals surface area contributed by atoms with E-state index < -0.39 is 10.0 Å². The number of hydrogen-bond donors (Lipinski definition) is 0. The third-order valence-electron chi connectivity index (χ3n) is 5.19. The van der Waals surface area contributed by atoms with Crippen molar-refractivity contribution in [3.05, 3.63) is 60.0 Å². The minimum Gasteiger partial charge on any atom is -0.496 e. The van der Waals surface area contributed by atoms with Crippen LogP contribution >= 0.6 is 0 Å². The SMILES string of the molecule is COc1ccccc1-c1noc(C2CN(C(=O)c3ccc(S(=O)(=O)N(C)C)cc3)C2)n1. The molecule has 10 heteroatoms. The minimum absolute atomic E-state index is 0.0479. The van der Waals surface area contributed by atoms with Crippen LogP contribution in [0.25, 0.3) is 11.4 Å². The van der Waals surface area contributed by atoms with Crippen molar-refractivity contribution in [2.75, 3.05) is 34.3 Å². The average molecular weight is 442 g/mol. The minimum atomic E-state index is -3.53. The first-order valence-electron chi connectivity index (χ1n) is 9.60. The molecule has 9 nitrogen and oxygen atoms in total. The second kappa shape index (κ2) is 8.12. The van der Waals surface area contributed by atoms with Gasteiger partial charge in [-0.05, 0) is 36.4 Å². The van der Waals surface area contributed by atoms with Crippen LogP contribution in [-0.2, 0) is 10.0 Å². The van der Waals surface area contributed by atoms with Gasteiger partial charge in [-0.15, -0.1) is 0 Å². The van der Waals surface area contributed by atoms with Crippen molar-refractivity contribution in [1.29, 1.82) is 0 Å². The maximum Gasteiger partial charge on any atom is 0.253 e. The number of likely N-dealkylation sites (tertiary alicyclic amines) is 1. The molecule has 2 aromatic carbocycles. The molecule has 1 amide bonds. The summed E-state index contributed by atoms with van der Waals surface area (Å²) in [4.78, 5) is 19.0. The molecule has 0 atom stereocenters. The molecule has 1 saturated heterocycles. The molecule has 1 aliphatic rings. The Bertz CT molecular complexity index is 1200. The van der Waals surface area contributed by atoms with Crippen molar-refractivity contribution in [1.82, 2.24) is 19.3 Å². The lowest BCUT2D eigenvalue weighted by Crippen LogP contribution is -2.48. The predicted molar refractivity (Wildman–Crippen MR) is 112 cm³/mol. The van der Waals surface area contributed by atoms with Crippen molar-refractivity contribution in [3.8, 4) is 17.1 Å². The van der Waals surface area contributed by atoms with E-state index in [1.165, 1.54) is 38.4 Å². The number of sulfonamides is 1. The van der Waals surface area contributed by atoms with Crippen LogP contribution in [0.2, 0.25) is 0 Å². The Labute approximate surface area is 180 Å². The fourth-order valence-electron chi connectivity index (χ4n) is 3.30. The Morgan fingerprint density at radius 2 is 1.81 bits per heavy atom. The quantitative estimate of drug-likeness (QED) is 0.576. The first-order valence-corrected chi connectivity index (χ1v) is 11.0. The Morgan fingerprint density at radius 3 is 2.45 bits per heavy atom. The topological polar surface area (TPSA) is 106 Å². The Hall–Kier alpha value is -3.24. The molecule has 0 bridgehead atoms. The van der Waals surface area contributed by atoms with Crippen molar-refractivity contribution in [2.24, 2.45) is 0 Å². The summed E-state index contributed by atoms with van der Waals surface area (Å²) in [6, 6.07) is 13.3. The highest BCUT2D eigenvalue weighted by Gasteiger charge is 2.36. The molecule has 2 heterocycles. The van der Waals surface area contributed by atoms with E-state index >= 15 is 0 Å². The normalized spacial score (nSPS) is 14.5. The largest absolute Gasteiger partial charge is 0.496 e. The van der Waals surface area contributed by atoms with Gasteiger partial charge in [-0.2, -0.15) is 4.98 Å². The lowest BCUT2D eigenvalue weighted by Gasteiger charge is -2.37. The number of methoxy groups -OCH3 is 1. The van der Waals surface area contributed by atoms with Crippen LogP contribution in [0.4, 0.5) is 0 Å². The van der Waals surface area contributed by atoms with Crippen LogP contribution in [0, 0.1) is 0 Å². The number of aromatic nitrogens is 2. The van der Waals surface area contributed by atoms with E-state index in [-0.39, 0.29) is 16.7 Å². The van der Waals surface area contributed by atoms with Crippen molar-refractivity contribution < 1.29 is 22.5 Å². The van der Waals surface area contributed by atoms with Crippen LogP contribution in [0.1, 0.15) is 22.2 Å². The van der Waals surface area contributed by atoms with Gasteiger partial charge in [0.15, 0.2) is 0 Å². The summed E-state index contributed by atoms with van der Waals surface area (Å²) >= 11 is 0. The maximum atomic E-state index is 12.7. The third-order valence-corrected chi connectivity index (χ3v) is 7.02. The molecule has 0 spiro atoms. The van der Waals surface area contributed by atoms with Crippen molar-refractivity contribution >= 4 is 15.9 Å². The van der Waals surface area contributed by atoms with Gasteiger partial charge in [0.25, 0.3) is 5.91 Å². The van der Waals surface area contributed by atoms with Crippen molar-refractivity contribution in [2.45, 2.75) is 10.8 Å². The molecular formula is C21H22N4O5S. The number of nitrogens with zero attached hydrogens (tertiary/aromatic N) is 4. The number of hydrogen-bond acceptors (Lipinski definition) is 7. The predicted octanol–water partition coefficient (Wildman–Crippen LogP) is 2.24. The van der Waals surface area contributed by atoms with Gasteiger partial charge in [0.05, 0.1) is 23.5 Å². The highest BCUT2D eigenvalue weighted by Crippen LogP contribution is 2.31. The Kier molecular flexibility index (Phi) is 5.50. The molecule has 4 rings (SSSR count). The van der Waals surface area contributed by atoms with Crippen LogP contribution < -0.4 is 4.74 Å². The number of benzene rings is 2. The molecule has 1 fully saturated rings. The van der Waals surface area contributed by atoms with E-state index in [0.717, 1.165) is 9.87 Å². The molecule has 1 aliphatic heterocycles. The second-order valence-corrected chi connectivity index (χ2v) is 9.53. The molecule has 0 N–H and O–H groups in total. The van der Waals surface area contributed by atoms with Gasteiger partial charge < -0.3 is 14.2 Å². The smallest absolute Gasteiger partial charge is 0.253 e. The van der Waals surface area contributed by atoms with Gasteiger partial charge in [-0.3, -0.25) is 4.79 Å². The summed E-state index contributed by atoms with van der Waals surface area (Å²) in [5.41, 5.74) is 1.16. The summed E-state index contributed by atoms with van der Waals surface area (Å²) in [6.07, 6.45) is 0. The summed E-state index contributed by atoms with van der Waals surface area (Å²) in [5, 5.41) is 4.04. The van der Waals surface area contributed by atoms with E-state index in [9.17, 15) is 13.2 Å². The number of amides is 1. The van der Waals surface area contributed by atoms with Gasteiger partial charge in [0.2, 0.25) is 21.7 Å². The molecule has 1 aromatic heterocycles. The van der Waals surface area contributed by atoms with E-state index in [1.807, 2.05) is 24.3 Å². The molecule has 0 unspecified atom stereocenters. The van der Waals surface area contributed by atoms with Crippen LogP contribution in [0.3, 0.4) is 0 Å². The second-order valence-electron chi connectivity index (χ2n) is 7.38. The average Bonchev–Trinajstić information content (AvgIpc) is 3.22. The lowest BCUT2D eigenvalue weighted by atomic mass is 9.98. The Morgan fingerprint density at radius 1 is 1.13 bits per heavy atom. The molecule has 0 aliphatic carbocycles. The highest BCUT2D eigenvalue weighted by atomic mass is 32.2. The zero-order chi connectivity index (χ0) is 22.2. The number of ether oxygens (including phenoxy) is 1. The maximum absolute atomic E-state index is 12.7. The summed E-state index contributed by atoms with van der Waals surface area (Å²) in [6.45, 7) is 0.897. The molecule has 0 radical (unpaired) electrons. The third kappa shape index (κ3) is 3.91. The first-order chi connectivity index (χ1) is 14.8. The van der Waals surface area contributed by atoms with Crippen molar-refractivity contribution in [3.63, 3.8) is 0 Å². The number of carbonyl (C=O) groups excluding carboxylic acids is 1. The van der Waals surface area contributed by atoms with Gasteiger partial charge in [-0.25, -0.2) is 12.7 Å². The summed E-state index contributed by atoms with van der Waals surface area (Å²) in [7, 11) is 0.979. The van der Waals surface area contributed by atoms with Crippen LogP contribution in [0.5, 0.6) is 5.75 Å². The molecule has 31 heavy (non-hydrogen) atoms. The lowest BCUT2D eigenvalue weighted by molar-refractivity contribution is 0.0569. The van der Waals surface area contributed by atoms with Crippen LogP contribution in [0.15, 0.2) is 57.9 Å². The van der Waals surface area contributed by atoms with E-state index in [0.29, 0.717) is 36.1 Å². The van der Waals surface area contributed by atoms with Gasteiger partial charge in [-0.1, -0.05) is 17.3 Å². The monoisotopic (exact) mass is 442 g/mol. The number of carbonyl (C=O) groups is 1. The zero-order valence-electron chi connectivity index (χ0n) is 17.3. The fourth-order valence-corrected chi connectivity index (χ4v) is 4.20. The van der Waals surface area contributed by atoms with Gasteiger partial charge in [0.1, 0.15) is 5.75 Å². The molecule has 3 aromatic rings. The molecule has 162 valence electrons. The molecule has 0 saturated carbocycles. The fraction of sp³-hybridized carbons (Fsp3) is 0.286. The highest BCUT2D eigenvalue weighted by molar-refractivity contribution is 7.89. The molecular weight excluding hydrogens is 420 g/mol. The van der Waals surface area contributed by atoms with Gasteiger partial charge in [0, 0.05) is 32.7 Å². The summed E-state index contributed by atoms with van der Waals surface area (Å²) < 4.78 is 36.2. The van der Waals surface area contributed by atoms with Gasteiger partial charge >= 0.3 is 0 Å². The standard InChI is InChI=1S/C21H22N4O5S/c1-24(2)31(27,28)16-10-8-14(9-11-16)21(26)25-12-15(13-25)20-22-19(23-30-20)17-6-4-5-7-18(17)29-3/h4-11,15H,12-13H2,1-3H3. The number of rotatable bonds is 6. The number of para-hydroxylation sites is 1. The van der Waals surface area contributed by atoms with Crippen LogP contribution in [-0.4, -0.2) is 68.0 Å². The summed E-state index contributed by atoms with van der Waals surface area (Å²) in [5.74, 6) is 1.34. The zero-order valence-corrected chi connectivity index (χ0v) is 18.2. The van der Waals surface area contributed by atoms with E-state index in [1.54, 1.807) is 12.0 Å².